The van der Waals surface area contributed by atoms with Crippen molar-refractivity contribution in [1.82, 2.24) is 4.57 Å². The van der Waals surface area contributed by atoms with E-state index in [4.69, 9.17) is 0 Å². The number of fused-ring (bicyclic) bond motifs is 1. The van der Waals surface area contributed by atoms with E-state index in [9.17, 15) is 10.1 Å². The number of nitriles is 1. The normalized spacial score (nSPS) is 14.6. The molecular formula is C20H23N3O2. The Balaban J connectivity index is 0.000000511. The average molecular weight is 337 g/mol. The minimum atomic E-state index is 0.270. The Bertz CT molecular complexity index is 781. The molecule has 1 atom stereocenters. The second-order valence-corrected chi connectivity index (χ2v) is 5.59. The Labute approximate surface area is 148 Å². The zero-order chi connectivity index (χ0) is 18.2. The number of hydrogen-bond donors (Lipinski definition) is 1. The summed E-state index contributed by atoms with van der Waals surface area (Å²) in [5, 5.41) is 12.7. The summed E-state index contributed by atoms with van der Waals surface area (Å²) < 4.78 is 6.51. The summed E-state index contributed by atoms with van der Waals surface area (Å²) in [6.45, 7) is 4.89. The molecule has 0 bridgehead atoms. The second-order valence-electron chi connectivity index (χ2n) is 5.59. The van der Waals surface area contributed by atoms with Crippen LogP contribution in [0.3, 0.4) is 0 Å². The molecule has 0 saturated carbocycles. The minimum absolute atomic E-state index is 0.270. The maximum absolute atomic E-state index is 10.7. The fourth-order valence-corrected chi connectivity index (χ4v) is 2.52. The van der Waals surface area contributed by atoms with Gasteiger partial charge in [0.1, 0.15) is 18.2 Å². The summed E-state index contributed by atoms with van der Waals surface area (Å²) in [5.41, 5.74) is 3.13. The molecule has 130 valence electrons. The van der Waals surface area contributed by atoms with Gasteiger partial charge in [-0.2, -0.15) is 5.26 Å². The Morgan fingerprint density at radius 1 is 1.32 bits per heavy atom. The van der Waals surface area contributed by atoms with E-state index in [2.05, 4.69) is 29.1 Å². The lowest BCUT2D eigenvalue weighted by molar-refractivity contribution is 0.112. The van der Waals surface area contributed by atoms with Gasteiger partial charge >= 0.3 is 0 Å². The van der Waals surface area contributed by atoms with E-state index in [-0.39, 0.29) is 6.04 Å². The third-order valence-corrected chi connectivity index (χ3v) is 4.02. The Morgan fingerprint density at radius 2 is 2.00 bits per heavy atom. The van der Waals surface area contributed by atoms with Gasteiger partial charge in [0.2, 0.25) is 0 Å². The number of hydrogen-bond acceptors (Lipinski definition) is 4. The average Bonchev–Trinajstić information content (AvgIpc) is 3.06. The van der Waals surface area contributed by atoms with Crippen molar-refractivity contribution in [3.63, 3.8) is 0 Å². The number of aromatic nitrogens is 1. The molecular weight excluding hydrogens is 314 g/mol. The number of rotatable bonds is 4. The first kappa shape index (κ1) is 18.5. The predicted molar refractivity (Wildman–Crippen MR) is 100 cm³/mol. The summed E-state index contributed by atoms with van der Waals surface area (Å²) in [7, 11) is 1.68. The first-order chi connectivity index (χ1) is 12.2. The number of anilines is 1. The molecule has 1 aliphatic heterocycles. The Hall–Kier alpha value is -2.84. The first-order valence-electron chi connectivity index (χ1n) is 8.33. The summed E-state index contributed by atoms with van der Waals surface area (Å²) in [6, 6.07) is 9.81. The van der Waals surface area contributed by atoms with Crippen LogP contribution >= 0.6 is 0 Å². The standard InChI is InChI=1S/C17H15N3O.C3H8O/c1-2-14-5-8-16-13(9-18)10-20(17(16)19-14)15-6-3-12(11-21)4-7-15;1-3-4-2/h3-8,10-11,14,19H,2H2,1H3;3H2,1-2H3. The van der Waals surface area contributed by atoms with Crippen LogP contribution in [-0.4, -0.2) is 30.6 Å². The molecule has 5 heteroatoms. The van der Waals surface area contributed by atoms with Crippen LogP contribution < -0.4 is 5.32 Å². The lowest BCUT2D eigenvalue weighted by atomic mass is 10.1. The van der Waals surface area contributed by atoms with Crippen molar-refractivity contribution in [3.05, 3.63) is 53.2 Å². The van der Waals surface area contributed by atoms with Gasteiger partial charge in [-0.25, -0.2) is 0 Å². The number of aldehydes is 1. The summed E-state index contributed by atoms with van der Waals surface area (Å²) in [6.07, 6.45) is 7.73. The van der Waals surface area contributed by atoms with E-state index >= 15 is 0 Å². The van der Waals surface area contributed by atoms with E-state index < -0.39 is 0 Å². The number of carbonyl (C=O) groups is 1. The number of methoxy groups -OCH3 is 1. The van der Waals surface area contributed by atoms with Gasteiger partial charge in [-0.3, -0.25) is 4.79 Å². The third-order valence-electron chi connectivity index (χ3n) is 4.02. The van der Waals surface area contributed by atoms with Gasteiger partial charge in [0, 0.05) is 42.8 Å². The van der Waals surface area contributed by atoms with Crippen molar-refractivity contribution in [2.24, 2.45) is 0 Å². The number of benzene rings is 1. The van der Waals surface area contributed by atoms with Gasteiger partial charge in [-0.15, -0.1) is 0 Å². The summed E-state index contributed by atoms with van der Waals surface area (Å²) in [4.78, 5) is 10.7. The first-order valence-corrected chi connectivity index (χ1v) is 8.33. The van der Waals surface area contributed by atoms with Crippen LogP contribution in [-0.2, 0) is 4.74 Å². The molecule has 1 aromatic heterocycles. The Morgan fingerprint density at radius 3 is 2.52 bits per heavy atom. The van der Waals surface area contributed by atoms with Gasteiger partial charge in [-0.1, -0.05) is 19.1 Å². The lowest BCUT2D eigenvalue weighted by Gasteiger charge is -2.21. The molecule has 1 aromatic carbocycles. The van der Waals surface area contributed by atoms with Crippen molar-refractivity contribution in [2.75, 3.05) is 19.0 Å². The van der Waals surface area contributed by atoms with Gasteiger partial charge in [0.25, 0.3) is 0 Å². The molecule has 1 unspecified atom stereocenters. The molecule has 0 saturated heterocycles. The molecule has 0 radical (unpaired) electrons. The van der Waals surface area contributed by atoms with Crippen molar-refractivity contribution in [3.8, 4) is 11.8 Å². The molecule has 0 aliphatic carbocycles. The monoisotopic (exact) mass is 337 g/mol. The smallest absolute Gasteiger partial charge is 0.150 e. The van der Waals surface area contributed by atoms with Crippen molar-refractivity contribution >= 4 is 18.2 Å². The number of nitrogens with one attached hydrogen (secondary N) is 1. The second kappa shape index (κ2) is 8.86. The fourth-order valence-electron chi connectivity index (χ4n) is 2.52. The van der Waals surface area contributed by atoms with E-state index in [1.165, 1.54) is 0 Å². The van der Waals surface area contributed by atoms with E-state index in [1.54, 1.807) is 19.2 Å². The van der Waals surface area contributed by atoms with Crippen molar-refractivity contribution in [2.45, 2.75) is 26.3 Å². The SMILES string of the molecule is CCC1C=Cc2c(C#N)cn(-c3ccc(C=O)cc3)c2N1.CCOC. The molecule has 0 spiro atoms. The van der Waals surface area contributed by atoms with Crippen LogP contribution in [0.2, 0.25) is 0 Å². The van der Waals surface area contributed by atoms with Crippen LogP contribution in [0.15, 0.2) is 36.5 Å². The lowest BCUT2D eigenvalue weighted by Crippen LogP contribution is -2.20. The van der Waals surface area contributed by atoms with Gasteiger partial charge < -0.3 is 14.6 Å². The molecule has 1 aliphatic rings. The maximum atomic E-state index is 10.7. The molecule has 1 N–H and O–H groups in total. The maximum Gasteiger partial charge on any atom is 0.150 e. The zero-order valence-electron chi connectivity index (χ0n) is 14.8. The number of nitrogens with zero attached hydrogens (tertiary/aromatic N) is 2. The van der Waals surface area contributed by atoms with Crippen molar-refractivity contribution < 1.29 is 9.53 Å². The molecule has 2 heterocycles. The van der Waals surface area contributed by atoms with Crippen LogP contribution in [0, 0.1) is 11.3 Å². The number of ether oxygens (including phenoxy) is 1. The molecule has 3 rings (SSSR count). The van der Waals surface area contributed by atoms with Crippen LogP contribution in [0.1, 0.15) is 41.8 Å². The Kier molecular flexibility index (Phi) is 6.55. The molecule has 0 amide bonds. The van der Waals surface area contributed by atoms with Crippen LogP contribution in [0.5, 0.6) is 0 Å². The number of carbonyl (C=O) groups excluding carboxylic acids is 1. The highest BCUT2D eigenvalue weighted by Crippen LogP contribution is 2.31. The van der Waals surface area contributed by atoms with Gasteiger partial charge in [-0.05, 0) is 37.6 Å². The third kappa shape index (κ3) is 4.17. The molecule has 0 fully saturated rings. The highest BCUT2D eigenvalue weighted by molar-refractivity contribution is 5.77. The summed E-state index contributed by atoms with van der Waals surface area (Å²) in [5.74, 6) is 0.930. The van der Waals surface area contributed by atoms with E-state index in [0.29, 0.717) is 11.1 Å². The van der Waals surface area contributed by atoms with Gasteiger partial charge in [0.15, 0.2) is 0 Å². The quantitative estimate of drug-likeness (QED) is 0.855. The molecule has 2 aromatic rings. The largest absolute Gasteiger partial charge is 0.385 e. The topological polar surface area (TPSA) is 67.0 Å². The van der Waals surface area contributed by atoms with Crippen molar-refractivity contribution in [1.29, 1.82) is 5.26 Å². The highest BCUT2D eigenvalue weighted by Gasteiger charge is 2.20. The van der Waals surface area contributed by atoms with Crippen LogP contribution in [0.4, 0.5) is 5.82 Å². The molecule has 25 heavy (non-hydrogen) atoms. The van der Waals surface area contributed by atoms with Gasteiger partial charge in [0.05, 0.1) is 5.56 Å². The predicted octanol–water partition coefficient (Wildman–Crippen LogP) is 4.03. The summed E-state index contributed by atoms with van der Waals surface area (Å²) >= 11 is 0. The van der Waals surface area contributed by atoms with E-state index in [0.717, 1.165) is 36.4 Å². The minimum Gasteiger partial charge on any atom is -0.385 e. The van der Waals surface area contributed by atoms with E-state index in [1.807, 2.05) is 35.9 Å². The fraction of sp³-hybridized carbons (Fsp3) is 0.300. The zero-order valence-corrected chi connectivity index (χ0v) is 14.8. The highest BCUT2D eigenvalue weighted by atomic mass is 16.5. The molecule has 5 nitrogen and oxygen atoms in total. The van der Waals surface area contributed by atoms with Crippen LogP contribution in [0.25, 0.3) is 11.8 Å².